The number of anilines is 1. The van der Waals surface area contributed by atoms with Crippen LogP contribution >= 0.6 is 35.0 Å². The number of nitrogens with two attached hydrogens (primary N) is 1. The van der Waals surface area contributed by atoms with E-state index in [2.05, 4.69) is 46.0 Å². The van der Waals surface area contributed by atoms with E-state index in [4.69, 9.17) is 28.9 Å². The molecule has 0 saturated carbocycles. The van der Waals surface area contributed by atoms with Gasteiger partial charge in [0.25, 0.3) is 5.91 Å². The average Bonchev–Trinajstić information content (AvgIpc) is 3.48. The number of hydrazone groups is 1. The smallest absolute Gasteiger partial charge is 0.293 e. The van der Waals surface area contributed by atoms with Gasteiger partial charge in [-0.05, 0) is 28.0 Å². The van der Waals surface area contributed by atoms with Crippen LogP contribution in [-0.4, -0.2) is 52.2 Å². The lowest BCUT2D eigenvalue weighted by Crippen LogP contribution is -2.20. The number of hydrogen-bond donors (Lipinski definition) is 2. The summed E-state index contributed by atoms with van der Waals surface area (Å²) in [7, 11) is 1.79. The molecule has 0 aliphatic rings. The number of thioether (sulfide) groups is 1. The predicted octanol–water partition coefficient (Wildman–Crippen LogP) is 1.72. The largest absolute Gasteiger partial charge is 0.378 e. The number of hydrogen-bond acceptors (Lipinski definition) is 11. The van der Waals surface area contributed by atoms with Gasteiger partial charge in [-0.1, -0.05) is 46.2 Å². The average molecular weight is 494 g/mol. The zero-order chi connectivity index (χ0) is 22.7. The molecule has 3 heterocycles. The molecule has 0 aliphatic carbocycles. The number of nitrogen functional groups attached to an aromatic ring is 1. The number of amides is 1. The fourth-order valence-corrected chi connectivity index (χ4v) is 3.65. The molecule has 13 nitrogen and oxygen atoms in total. The summed E-state index contributed by atoms with van der Waals surface area (Å²) in [6, 6.07) is 4.93. The van der Waals surface area contributed by atoms with Gasteiger partial charge in [-0.15, -0.1) is 15.3 Å². The lowest BCUT2D eigenvalue weighted by molar-refractivity contribution is 0.0949. The van der Waals surface area contributed by atoms with Crippen LogP contribution in [0.3, 0.4) is 0 Å². The van der Waals surface area contributed by atoms with Gasteiger partial charge in [-0.3, -0.25) is 4.79 Å². The highest BCUT2D eigenvalue weighted by atomic mass is 35.5. The zero-order valence-electron chi connectivity index (χ0n) is 16.2. The third-order valence-corrected chi connectivity index (χ3v) is 5.79. The minimum Gasteiger partial charge on any atom is -0.378 e. The van der Waals surface area contributed by atoms with E-state index in [1.165, 1.54) is 22.7 Å². The van der Waals surface area contributed by atoms with Crippen LogP contribution in [0.15, 0.2) is 39.4 Å². The molecule has 0 atom stereocenters. The molecule has 0 bridgehead atoms. The number of nitrogens with one attached hydrogen (secondary N) is 1. The standard InChI is InChI=1S/C16H13Cl2N11O2S/c1-28-7-21-24-16(28)32-6-11-12(22-27-29(11)14-13(19)25-31-26-14)15(30)23-20-5-8-2-3-9(17)10(18)4-8/h2-5,7H,6H2,1H3,(H2,19,25)(H,23,30)/b20-5+. The fraction of sp³-hybridized carbons (Fsp3) is 0.125. The first-order valence-electron chi connectivity index (χ1n) is 8.72. The van der Waals surface area contributed by atoms with Crippen LogP contribution in [-0.2, 0) is 12.8 Å². The van der Waals surface area contributed by atoms with Crippen molar-refractivity contribution >= 4 is 52.9 Å². The summed E-state index contributed by atoms with van der Waals surface area (Å²) in [5.41, 5.74) is 9.21. The van der Waals surface area contributed by atoms with Crippen LogP contribution in [0.2, 0.25) is 10.0 Å². The lowest BCUT2D eigenvalue weighted by atomic mass is 10.2. The van der Waals surface area contributed by atoms with Gasteiger partial charge in [0.15, 0.2) is 10.9 Å². The van der Waals surface area contributed by atoms with Gasteiger partial charge in [-0.2, -0.15) is 9.78 Å². The van der Waals surface area contributed by atoms with Gasteiger partial charge in [0, 0.05) is 12.8 Å². The van der Waals surface area contributed by atoms with Gasteiger partial charge in [0.05, 0.1) is 22.0 Å². The Hall–Kier alpha value is -3.49. The Morgan fingerprint density at radius 1 is 1.31 bits per heavy atom. The zero-order valence-corrected chi connectivity index (χ0v) is 18.5. The number of carbonyl (C=O) groups is 1. The lowest BCUT2D eigenvalue weighted by Gasteiger charge is -2.05. The van der Waals surface area contributed by atoms with E-state index in [1.807, 2.05) is 0 Å². The Balaban J connectivity index is 1.57. The summed E-state index contributed by atoms with van der Waals surface area (Å²) in [5, 5.41) is 28.4. The van der Waals surface area contributed by atoms with Crippen molar-refractivity contribution in [3.05, 3.63) is 51.5 Å². The van der Waals surface area contributed by atoms with Crippen molar-refractivity contribution < 1.29 is 9.42 Å². The number of aromatic nitrogens is 8. The van der Waals surface area contributed by atoms with Crippen LogP contribution in [0.25, 0.3) is 5.82 Å². The summed E-state index contributed by atoms with van der Waals surface area (Å²) >= 11 is 13.2. The van der Waals surface area contributed by atoms with Crippen molar-refractivity contribution in [2.75, 3.05) is 5.73 Å². The summed E-state index contributed by atoms with van der Waals surface area (Å²) in [4.78, 5) is 12.8. The van der Waals surface area contributed by atoms with Crippen LogP contribution in [0.5, 0.6) is 0 Å². The number of rotatable bonds is 7. The molecule has 32 heavy (non-hydrogen) atoms. The van der Waals surface area contributed by atoms with Crippen molar-refractivity contribution in [2.45, 2.75) is 10.9 Å². The Labute approximate surface area is 193 Å². The van der Waals surface area contributed by atoms with Crippen molar-refractivity contribution in [3.63, 3.8) is 0 Å². The topological polar surface area (TPSA) is 168 Å². The molecule has 4 rings (SSSR count). The van der Waals surface area contributed by atoms with Gasteiger partial charge in [0.2, 0.25) is 11.6 Å². The summed E-state index contributed by atoms with van der Waals surface area (Å²) in [5.74, 6) is -0.268. The maximum Gasteiger partial charge on any atom is 0.293 e. The molecule has 0 fully saturated rings. The van der Waals surface area contributed by atoms with E-state index in [9.17, 15) is 4.79 Å². The summed E-state index contributed by atoms with van der Waals surface area (Å²) in [6.07, 6.45) is 2.97. The third kappa shape index (κ3) is 4.56. The van der Waals surface area contributed by atoms with E-state index in [0.29, 0.717) is 26.5 Å². The monoisotopic (exact) mass is 493 g/mol. The van der Waals surface area contributed by atoms with E-state index >= 15 is 0 Å². The Morgan fingerprint density at radius 3 is 2.84 bits per heavy atom. The predicted molar refractivity (Wildman–Crippen MR) is 116 cm³/mol. The molecule has 3 N–H and O–H groups in total. The molecule has 0 aliphatic heterocycles. The van der Waals surface area contributed by atoms with Crippen molar-refractivity contribution in [2.24, 2.45) is 12.1 Å². The second-order valence-corrected chi connectivity index (χ2v) is 7.91. The molecule has 164 valence electrons. The van der Waals surface area contributed by atoms with Crippen LogP contribution in [0.1, 0.15) is 21.7 Å². The van der Waals surface area contributed by atoms with Crippen LogP contribution in [0, 0.1) is 0 Å². The number of nitrogens with zero attached hydrogens (tertiary/aromatic N) is 9. The third-order valence-electron chi connectivity index (χ3n) is 4.01. The van der Waals surface area contributed by atoms with Gasteiger partial charge >= 0.3 is 0 Å². The van der Waals surface area contributed by atoms with Crippen molar-refractivity contribution in [1.29, 1.82) is 0 Å². The normalized spacial score (nSPS) is 11.3. The molecule has 1 amide bonds. The number of benzene rings is 1. The maximum absolute atomic E-state index is 12.8. The summed E-state index contributed by atoms with van der Waals surface area (Å²) in [6.45, 7) is 0. The molecular formula is C16H13Cl2N11O2S. The Kier molecular flexibility index (Phi) is 6.34. The molecule has 0 spiro atoms. The second kappa shape index (κ2) is 9.33. The molecule has 3 aromatic heterocycles. The van der Waals surface area contributed by atoms with Gasteiger partial charge < -0.3 is 10.3 Å². The second-order valence-electron chi connectivity index (χ2n) is 6.16. The molecular weight excluding hydrogens is 481 g/mol. The first-order valence-corrected chi connectivity index (χ1v) is 10.5. The van der Waals surface area contributed by atoms with Crippen LogP contribution in [0.4, 0.5) is 5.82 Å². The fourth-order valence-electron chi connectivity index (χ4n) is 2.46. The van der Waals surface area contributed by atoms with E-state index in [1.54, 1.807) is 36.1 Å². The SMILES string of the molecule is Cn1cnnc1SCc1c(C(=O)N/N=C/c2ccc(Cl)c(Cl)c2)nnn1-c1nonc1N. The van der Waals surface area contributed by atoms with Crippen molar-refractivity contribution in [1.82, 2.24) is 45.5 Å². The highest BCUT2D eigenvalue weighted by Crippen LogP contribution is 2.24. The minimum atomic E-state index is -0.601. The van der Waals surface area contributed by atoms with Crippen molar-refractivity contribution in [3.8, 4) is 5.82 Å². The first kappa shape index (κ1) is 21.7. The molecule has 1 aromatic carbocycles. The number of halogens is 2. The molecule has 0 saturated heterocycles. The first-order chi connectivity index (χ1) is 15.4. The van der Waals surface area contributed by atoms with Gasteiger partial charge in [0.1, 0.15) is 6.33 Å². The summed E-state index contributed by atoms with van der Waals surface area (Å²) < 4.78 is 7.63. The molecule has 4 aromatic rings. The quantitative estimate of drug-likeness (QED) is 0.219. The molecule has 16 heteroatoms. The number of carbonyl (C=O) groups excluding carboxylic acids is 1. The Morgan fingerprint density at radius 2 is 2.16 bits per heavy atom. The van der Waals surface area contributed by atoms with E-state index in [0.717, 1.165) is 0 Å². The molecule has 0 radical (unpaired) electrons. The Bertz CT molecular complexity index is 1300. The van der Waals surface area contributed by atoms with E-state index < -0.39 is 5.91 Å². The van der Waals surface area contributed by atoms with Crippen LogP contribution < -0.4 is 11.2 Å². The highest BCUT2D eigenvalue weighted by molar-refractivity contribution is 7.98. The van der Waals surface area contributed by atoms with E-state index in [-0.39, 0.29) is 23.1 Å². The molecule has 0 unspecified atom stereocenters. The highest BCUT2D eigenvalue weighted by Gasteiger charge is 2.24. The maximum atomic E-state index is 12.8. The van der Waals surface area contributed by atoms with Gasteiger partial charge in [-0.25, -0.2) is 10.1 Å². The number of aryl methyl sites for hydroxylation is 1. The minimum absolute atomic E-state index is 0.00774.